The van der Waals surface area contributed by atoms with Crippen molar-refractivity contribution in [3.05, 3.63) is 28.7 Å². The molecule has 0 heterocycles. The molecule has 0 radical (unpaired) electrons. The van der Waals surface area contributed by atoms with Gasteiger partial charge in [0.25, 0.3) is 0 Å². The average molecular weight is 284 g/mol. The van der Waals surface area contributed by atoms with Gasteiger partial charge in [0, 0.05) is 10.2 Å². The molecule has 0 saturated heterocycles. The van der Waals surface area contributed by atoms with Crippen molar-refractivity contribution < 1.29 is 9.53 Å². The largest absolute Gasteiger partial charge is 0.464 e. The summed E-state index contributed by atoms with van der Waals surface area (Å²) >= 11 is 3.38. The van der Waals surface area contributed by atoms with Crippen LogP contribution in [-0.4, -0.2) is 18.1 Å². The number of benzene rings is 1. The number of anilines is 1. The van der Waals surface area contributed by atoms with Crippen LogP contribution in [0.25, 0.3) is 0 Å². The Morgan fingerprint density at radius 1 is 1.44 bits per heavy atom. The Kier molecular flexibility index (Phi) is 3.19. The summed E-state index contributed by atoms with van der Waals surface area (Å²) in [5.41, 5.74) is 0.484. The smallest absolute Gasteiger partial charge is 0.331 e. The van der Waals surface area contributed by atoms with Crippen molar-refractivity contribution in [1.29, 1.82) is 0 Å². The molecule has 0 amide bonds. The van der Waals surface area contributed by atoms with Crippen molar-refractivity contribution in [2.75, 3.05) is 11.9 Å². The molecular formula is C12H14BrNO2. The molecule has 0 aliphatic heterocycles. The van der Waals surface area contributed by atoms with Gasteiger partial charge in [-0.05, 0) is 44.0 Å². The molecule has 1 aromatic carbocycles. The molecule has 3 nitrogen and oxygen atoms in total. The molecular weight excluding hydrogens is 270 g/mol. The van der Waals surface area contributed by atoms with Crippen molar-refractivity contribution in [3.8, 4) is 0 Å². The summed E-state index contributed by atoms with van der Waals surface area (Å²) in [6, 6.07) is 7.79. The lowest BCUT2D eigenvalue weighted by Crippen LogP contribution is -2.33. The van der Waals surface area contributed by atoms with E-state index in [2.05, 4.69) is 21.2 Å². The van der Waals surface area contributed by atoms with E-state index in [1.807, 2.05) is 31.2 Å². The molecule has 2 rings (SSSR count). The number of hydrogen-bond acceptors (Lipinski definition) is 3. The monoisotopic (exact) mass is 283 g/mol. The first-order valence-corrected chi connectivity index (χ1v) is 6.16. The Labute approximate surface area is 103 Å². The predicted octanol–water partition coefficient (Wildman–Crippen LogP) is 2.96. The zero-order chi connectivity index (χ0) is 11.6. The second-order valence-electron chi connectivity index (χ2n) is 3.93. The number of hydrogen-bond donors (Lipinski definition) is 1. The van der Waals surface area contributed by atoms with Gasteiger partial charge in [-0.25, -0.2) is 4.79 Å². The van der Waals surface area contributed by atoms with Crippen molar-refractivity contribution >= 4 is 27.6 Å². The first kappa shape index (κ1) is 11.5. The molecule has 0 unspecified atom stereocenters. The summed E-state index contributed by atoms with van der Waals surface area (Å²) in [6.07, 6.45) is 1.70. The number of halogens is 1. The van der Waals surface area contributed by atoms with Gasteiger partial charge in [0.15, 0.2) is 0 Å². The number of ether oxygens (including phenoxy) is 1. The zero-order valence-electron chi connectivity index (χ0n) is 9.13. The van der Waals surface area contributed by atoms with Gasteiger partial charge in [-0.2, -0.15) is 0 Å². The quantitative estimate of drug-likeness (QED) is 0.864. The third kappa shape index (κ3) is 2.38. The fraction of sp³-hybridized carbons (Fsp3) is 0.417. The summed E-state index contributed by atoms with van der Waals surface area (Å²) in [5, 5.41) is 3.25. The van der Waals surface area contributed by atoms with E-state index in [9.17, 15) is 4.79 Å². The standard InChI is InChI=1S/C12H14BrNO2/c1-2-16-11(15)12(7-8-12)14-10-5-3-9(13)4-6-10/h3-6,14H,2,7-8H2,1H3. The van der Waals surface area contributed by atoms with Crippen molar-refractivity contribution in [1.82, 2.24) is 0 Å². The Morgan fingerprint density at radius 3 is 2.56 bits per heavy atom. The van der Waals surface area contributed by atoms with Crippen molar-refractivity contribution in [2.24, 2.45) is 0 Å². The Hall–Kier alpha value is -1.03. The lowest BCUT2D eigenvalue weighted by atomic mass is 10.2. The van der Waals surface area contributed by atoms with Crippen LogP contribution in [0.3, 0.4) is 0 Å². The summed E-state index contributed by atoms with van der Waals surface area (Å²) in [4.78, 5) is 11.7. The van der Waals surface area contributed by atoms with Crippen LogP contribution >= 0.6 is 15.9 Å². The molecule has 1 aliphatic rings. The first-order valence-electron chi connectivity index (χ1n) is 5.37. The number of esters is 1. The molecule has 1 aromatic rings. The van der Waals surface area contributed by atoms with Crippen LogP contribution in [0, 0.1) is 0 Å². The van der Waals surface area contributed by atoms with Crippen LogP contribution in [0.4, 0.5) is 5.69 Å². The van der Waals surface area contributed by atoms with E-state index in [1.165, 1.54) is 0 Å². The number of carbonyl (C=O) groups excluding carboxylic acids is 1. The van der Waals surface area contributed by atoms with Crippen LogP contribution in [0.5, 0.6) is 0 Å². The van der Waals surface area contributed by atoms with Gasteiger partial charge in [-0.15, -0.1) is 0 Å². The van der Waals surface area contributed by atoms with Gasteiger partial charge < -0.3 is 10.1 Å². The van der Waals surface area contributed by atoms with E-state index in [1.54, 1.807) is 0 Å². The minimum Gasteiger partial charge on any atom is -0.464 e. The predicted molar refractivity (Wildman–Crippen MR) is 66.4 cm³/mol. The van der Waals surface area contributed by atoms with Gasteiger partial charge >= 0.3 is 5.97 Å². The lowest BCUT2D eigenvalue weighted by molar-refractivity contribution is -0.145. The molecule has 16 heavy (non-hydrogen) atoms. The summed E-state index contributed by atoms with van der Waals surface area (Å²) in [6.45, 7) is 2.26. The van der Waals surface area contributed by atoms with Gasteiger partial charge in [-0.1, -0.05) is 15.9 Å². The Balaban J connectivity index is 2.04. The SMILES string of the molecule is CCOC(=O)C1(Nc2ccc(Br)cc2)CC1. The molecule has 1 N–H and O–H groups in total. The molecule has 0 aromatic heterocycles. The van der Waals surface area contributed by atoms with Crippen LogP contribution in [0.15, 0.2) is 28.7 Å². The van der Waals surface area contributed by atoms with E-state index >= 15 is 0 Å². The third-order valence-electron chi connectivity index (χ3n) is 2.64. The second kappa shape index (κ2) is 4.45. The van der Waals surface area contributed by atoms with E-state index in [4.69, 9.17) is 4.74 Å². The van der Waals surface area contributed by atoms with Crippen molar-refractivity contribution in [3.63, 3.8) is 0 Å². The molecule has 1 fully saturated rings. The van der Waals surface area contributed by atoms with Gasteiger partial charge in [0.05, 0.1) is 6.61 Å². The molecule has 1 aliphatic carbocycles. The highest BCUT2D eigenvalue weighted by atomic mass is 79.9. The highest BCUT2D eigenvalue weighted by Gasteiger charge is 2.51. The number of nitrogens with one attached hydrogen (secondary N) is 1. The van der Waals surface area contributed by atoms with Gasteiger partial charge in [-0.3, -0.25) is 0 Å². The highest BCUT2D eigenvalue weighted by molar-refractivity contribution is 9.10. The maximum atomic E-state index is 11.7. The fourth-order valence-electron chi connectivity index (χ4n) is 1.58. The van der Waals surface area contributed by atoms with Crippen LogP contribution in [-0.2, 0) is 9.53 Å². The van der Waals surface area contributed by atoms with Crippen molar-refractivity contribution in [2.45, 2.75) is 25.3 Å². The average Bonchev–Trinajstić information content (AvgIpc) is 3.03. The molecule has 86 valence electrons. The third-order valence-corrected chi connectivity index (χ3v) is 3.17. The number of carbonyl (C=O) groups is 1. The van der Waals surface area contributed by atoms with Crippen LogP contribution in [0.2, 0.25) is 0 Å². The maximum absolute atomic E-state index is 11.7. The molecule has 0 atom stereocenters. The van der Waals surface area contributed by atoms with Gasteiger partial charge in [0.1, 0.15) is 5.54 Å². The summed E-state index contributed by atoms with van der Waals surface area (Å²) in [7, 11) is 0. The first-order chi connectivity index (χ1) is 7.66. The Morgan fingerprint density at radius 2 is 2.06 bits per heavy atom. The fourth-order valence-corrected chi connectivity index (χ4v) is 1.85. The molecule has 4 heteroatoms. The minimum atomic E-state index is -0.468. The van der Waals surface area contributed by atoms with E-state index in [0.717, 1.165) is 23.0 Å². The summed E-state index contributed by atoms with van der Waals surface area (Å²) < 4.78 is 6.08. The van der Waals surface area contributed by atoms with E-state index in [0.29, 0.717) is 6.61 Å². The molecule has 1 saturated carbocycles. The van der Waals surface area contributed by atoms with Crippen LogP contribution < -0.4 is 5.32 Å². The zero-order valence-corrected chi connectivity index (χ0v) is 10.7. The maximum Gasteiger partial charge on any atom is 0.331 e. The van der Waals surface area contributed by atoms with E-state index in [-0.39, 0.29) is 5.97 Å². The van der Waals surface area contributed by atoms with E-state index < -0.39 is 5.54 Å². The minimum absolute atomic E-state index is 0.141. The molecule has 0 spiro atoms. The highest BCUT2D eigenvalue weighted by Crippen LogP contribution is 2.40. The topological polar surface area (TPSA) is 38.3 Å². The second-order valence-corrected chi connectivity index (χ2v) is 4.85. The van der Waals surface area contributed by atoms with Gasteiger partial charge in [0.2, 0.25) is 0 Å². The molecule has 0 bridgehead atoms. The van der Waals surface area contributed by atoms with Crippen LogP contribution in [0.1, 0.15) is 19.8 Å². The summed E-state index contributed by atoms with van der Waals surface area (Å²) in [5.74, 6) is -0.141. The normalized spacial score (nSPS) is 16.6. The Bertz CT molecular complexity index is 385. The number of rotatable bonds is 4. The lowest BCUT2D eigenvalue weighted by Gasteiger charge is -2.16.